The molecule has 2 aromatic heterocycles. The fourth-order valence-corrected chi connectivity index (χ4v) is 5.20. The highest BCUT2D eigenvalue weighted by Crippen LogP contribution is 2.47. The molecule has 2 aromatic carbocycles. The average Bonchev–Trinajstić information content (AvgIpc) is 3.51. The zero-order chi connectivity index (χ0) is 27.5. The Labute approximate surface area is 235 Å². The summed E-state index contributed by atoms with van der Waals surface area (Å²) < 4.78 is 25.1. The van der Waals surface area contributed by atoms with Gasteiger partial charge in [-0.1, -0.05) is 35.3 Å². The van der Waals surface area contributed by atoms with E-state index < -0.39 is 18.2 Å². The fourth-order valence-electron chi connectivity index (χ4n) is 4.77. The molecule has 0 amide bonds. The summed E-state index contributed by atoms with van der Waals surface area (Å²) in [6.07, 6.45) is -0.544. The lowest BCUT2D eigenvalue weighted by Crippen LogP contribution is -2.15. The lowest BCUT2D eigenvalue weighted by atomic mass is 9.98. The largest absolute Gasteiger partial charge is 0.493 e. The van der Waals surface area contributed by atoms with E-state index in [1.54, 1.807) is 21.1 Å². The monoisotopic (exact) mass is 571 g/mol. The van der Waals surface area contributed by atoms with Crippen molar-refractivity contribution in [2.75, 3.05) is 20.8 Å². The number of esters is 1. The van der Waals surface area contributed by atoms with E-state index in [4.69, 9.17) is 42.1 Å². The molecule has 0 spiro atoms. The molecule has 0 radical (unpaired) electrons. The predicted octanol–water partition coefficient (Wildman–Crippen LogP) is 5.14. The number of rotatable bonds is 9. The second-order valence-corrected chi connectivity index (χ2v) is 9.60. The van der Waals surface area contributed by atoms with E-state index in [0.29, 0.717) is 47.1 Å². The topological polar surface area (TPSA) is 103 Å². The molecule has 204 valence electrons. The molecular formula is C27H27Cl2N5O5. The number of ether oxygens (including phenoxy) is 4. The number of tetrazole rings is 1. The molecule has 2 atom stereocenters. The maximum atomic E-state index is 11.8. The molecule has 0 bridgehead atoms. The molecule has 0 aliphatic carbocycles. The van der Waals surface area contributed by atoms with Crippen LogP contribution in [-0.2, 0) is 27.2 Å². The molecule has 1 aliphatic rings. The average molecular weight is 572 g/mol. The number of aryl methyl sites for hydroxylation is 1. The molecule has 1 aliphatic heterocycles. The van der Waals surface area contributed by atoms with Crippen LogP contribution in [0.4, 0.5) is 0 Å². The van der Waals surface area contributed by atoms with Crippen LogP contribution < -0.4 is 9.47 Å². The van der Waals surface area contributed by atoms with Crippen LogP contribution in [0.1, 0.15) is 48.2 Å². The number of carbonyl (C=O) groups excluding carboxylic acids is 1. The molecule has 4 aromatic rings. The van der Waals surface area contributed by atoms with E-state index in [0.717, 1.165) is 22.5 Å². The maximum Gasteiger partial charge on any atom is 0.313 e. The van der Waals surface area contributed by atoms with E-state index in [9.17, 15) is 4.79 Å². The zero-order valence-electron chi connectivity index (χ0n) is 21.6. The number of hydrogen-bond donors (Lipinski definition) is 0. The van der Waals surface area contributed by atoms with E-state index in [2.05, 4.69) is 15.4 Å². The zero-order valence-corrected chi connectivity index (χ0v) is 23.1. The smallest absolute Gasteiger partial charge is 0.313 e. The summed E-state index contributed by atoms with van der Waals surface area (Å²) in [6.45, 7) is 2.42. The number of para-hydroxylation sites is 1. The molecule has 10 nitrogen and oxygen atoms in total. The lowest BCUT2D eigenvalue weighted by Gasteiger charge is -2.25. The van der Waals surface area contributed by atoms with E-state index in [-0.39, 0.29) is 6.42 Å². The normalized spacial score (nSPS) is 16.2. The lowest BCUT2D eigenvalue weighted by molar-refractivity contribution is -0.142. The first-order chi connectivity index (χ1) is 18.9. The van der Waals surface area contributed by atoms with Gasteiger partial charge in [-0.05, 0) is 48.5 Å². The second-order valence-electron chi connectivity index (χ2n) is 8.78. The number of fused-ring (bicyclic) bond motifs is 3. The molecule has 0 N–H and O–H groups in total. The highest BCUT2D eigenvalue weighted by Gasteiger charge is 2.34. The first-order valence-electron chi connectivity index (χ1n) is 12.4. The summed E-state index contributed by atoms with van der Waals surface area (Å²) in [5.41, 5.74) is 3.31. The van der Waals surface area contributed by atoms with Crippen LogP contribution in [0.25, 0.3) is 5.69 Å². The van der Waals surface area contributed by atoms with E-state index in [1.165, 1.54) is 4.80 Å². The Morgan fingerprint density at radius 3 is 2.69 bits per heavy atom. The van der Waals surface area contributed by atoms with Crippen molar-refractivity contribution in [1.29, 1.82) is 0 Å². The fraction of sp³-hybridized carbons (Fsp3) is 0.333. The Balaban J connectivity index is 1.52. The van der Waals surface area contributed by atoms with Crippen molar-refractivity contribution in [3.05, 3.63) is 81.4 Å². The van der Waals surface area contributed by atoms with Gasteiger partial charge in [-0.15, -0.1) is 10.2 Å². The summed E-state index contributed by atoms with van der Waals surface area (Å²) in [5.74, 6) is 1.04. The molecule has 0 unspecified atom stereocenters. The van der Waals surface area contributed by atoms with Crippen molar-refractivity contribution < 1.29 is 23.7 Å². The summed E-state index contributed by atoms with van der Waals surface area (Å²) in [6, 6.07) is 15.1. The summed E-state index contributed by atoms with van der Waals surface area (Å²) in [4.78, 5) is 13.2. The third-order valence-corrected chi connectivity index (χ3v) is 6.95. The van der Waals surface area contributed by atoms with Gasteiger partial charge in [0.05, 0.1) is 38.8 Å². The van der Waals surface area contributed by atoms with E-state index in [1.807, 2.05) is 53.1 Å². The standard InChI is InChI=1S/C27H27Cl2N5O5/c1-4-38-25(35)15-24-30-32-33(31-24)13-12-21-20-10-11-23(29)34(20)19-9-8-16(28)14-18(19)26(39-21)17-6-5-7-22(36-2)27(17)37-3/h5-11,14,21,26H,4,12-13,15H2,1-3H3/t21-,26-/m1/s1. The van der Waals surface area contributed by atoms with Gasteiger partial charge in [-0.3, -0.25) is 4.79 Å². The number of benzene rings is 2. The van der Waals surface area contributed by atoms with Gasteiger partial charge >= 0.3 is 5.97 Å². The number of carbonyl (C=O) groups is 1. The Morgan fingerprint density at radius 2 is 1.92 bits per heavy atom. The van der Waals surface area contributed by atoms with Gasteiger partial charge in [0, 0.05) is 22.6 Å². The van der Waals surface area contributed by atoms with Crippen LogP contribution in [-0.4, -0.2) is 51.6 Å². The highest BCUT2D eigenvalue weighted by molar-refractivity contribution is 6.31. The molecule has 0 saturated heterocycles. The van der Waals surface area contributed by atoms with Crippen LogP contribution in [0, 0.1) is 0 Å². The third kappa shape index (κ3) is 5.45. The van der Waals surface area contributed by atoms with Gasteiger partial charge in [0.15, 0.2) is 17.3 Å². The Bertz CT molecular complexity index is 1490. The summed E-state index contributed by atoms with van der Waals surface area (Å²) in [7, 11) is 3.19. The van der Waals surface area contributed by atoms with Crippen LogP contribution in [0.3, 0.4) is 0 Å². The minimum absolute atomic E-state index is 0.0417. The summed E-state index contributed by atoms with van der Waals surface area (Å²) in [5, 5.41) is 13.5. The van der Waals surface area contributed by atoms with Crippen molar-refractivity contribution >= 4 is 29.2 Å². The SMILES string of the molecule is CCOC(=O)Cc1nnn(CC[C@H]2O[C@H](c3cccc(OC)c3OC)c3cc(Cl)ccc3-n3c(Cl)ccc32)n1. The van der Waals surface area contributed by atoms with Crippen LogP contribution in [0.5, 0.6) is 11.5 Å². The number of hydrogen-bond acceptors (Lipinski definition) is 8. The number of nitrogens with zero attached hydrogens (tertiary/aromatic N) is 5. The molecular weight excluding hydrogens is 545 g/mol. The van der Waals surface area contributed by atoms with Gasteiger partial charge in [0.2, 0.25) is 0 Å². The minimum atomic E-state index is -0.562. The predicted molar refractivity (Wildman–Crippen MR) is 144 cm³/mol. The number of aromatic nitrogens is 5. The molecule has 0 fully saturated rings. The first-order valence-corrected chi connectivity index (χ1v) is 13.1. The van der Waals surface area contributed by atoms with Crippen LogP contribution in [0.2, 0.25) is 10.2 Å². The van der Waals surface area contributed by atoms with Gasteiger partial charge < -0.3 is 23.5 Å². The van der Waals surface area contributed by atoms with Gasteiger partial charge in [0.25, 0.3) is 0 Å². The third-order valence-electron chi connectivity index (χ3n) is 6.42. The van der Waals surface area contributed by atoms with Gasteiger partial charge in [0.1, 0.15) is 23.8 Å². The van der Waals surface area contributed by atoms with Crippen molar-refractivity contribution in [1.82, 2.24) is 24.8 Å². The first kappa shape index (κ1) is 27.0. The summed E-state index contributed by atoms with van der Waals surface area (Å²) >= 11 is 13.2. The number of methoxy groups -OCH3 is 2. The van der Waals surface area contributed by atoms with Gasteiger partial charge in [-0.2, -0.15) is 4.80 Å². The van der Waals surface area contributed by atoms with Crippen molar-refractivity contribution in [2.24, 2.45) is 0 Å². The molecule has 12 heteroatoms. The Hall–Kier alpha value is -3.60. The van der Waals surface area contributed by atoms with Crippen molar-refractivity contribution in [2.45, 2.75) is 38.5 Å². The second kappa shape index (κ2) is 11.6. The Morgan fingerprint density at radius 1 is 1.08 bits per heavy atom. The van der Waals surface area contributed by atoms with Crippen LogP contribution >= 0.6 is 23.2 Å². The van der Waals surface area contributed by atoms with E-state index >= 15 is 0 Å². The highest BCUT2D eigenvalue weighted by atomic mass is 35.5. The van der Waals surface area contributed by atoms with Crippen molar-refractivity contribution in [3.8, 4) is 17.2 Å². The van der Waals surface area contributed by atoms with Crippen molar-refractivity contribution in [3.63, 3.8) is 0 Å². The molecule has 5 rings (SSSR count). The molecule has 39 heavy (non-hydrogen) atoms. The van der Waals surface area contributed by atoms with Gasteiger partial charge in [-0.25, -0.2) is 0 Å². The maximum absolute atomic E-state index is 11.8. The quantitative estimate of drug-likeness (QED) is 0.254. The molecule has 0 saturated carbocycles. The Kier molecular flexibility index (Phi) is 8.06. The van der Waals surface area contributed by atoms with Crippen LogP contribution in [0.15, 0.2) is 48.5 Å². The minimum Gasteiger partial charge on any atom is -0.493 e. The molecule has 3 heterocycles. The number of halogens is 2.